The number of nitrogens with one attached hydrogen (secondary N) is 2. The Balaban J connectivity index is 1.75. The van der Waals surface area contributed by atoms with Gasteiger partial charge in [0.1, 0.15) is 6.10 Å². The van der Waals surface area contributed by atoms with Gasteiger partial charge in [-0.05, 0) is 18.2 Å². The minimum absolute atomic E-state index is 0.0596. The third-order valence-electron chi connectivity index (χ3n) is 3.60. The molecule has 0 aliphatic carbocycles. The van der Waals surface area contributed by atoms with Gasteiger partial charge in [-0.2, -0.15) is 0 Å². The van der Waals surface area contributed by atoms with E-state index in [-0.39, 0.29) is 17.9 Å². The maximum Gasteiger partial charge on any atom is 0.287 e. The number of fused-ring (bicyclic) bond motifs is 1. The van der Waals surface area contributed by atoms with Crippen molar-refractivity contribution >= 4 is 28.5 Å². The molecule has 7 nitrogen and oxygen atoms in total. The van der Waals surface area contributed by atoms with Crippen LogP contribution in [0.25, 0.3) is 11.0 Å². The largest absolute Gasteiger partial charge is 0.493 e. The molecule has 1 aromatic carbocycles. The number of halogens is 1. The molecule has 0 saturated heterocycles. The lowest BCUT2D eigenvalue weighted by Crippen LogP contribution is -2.29. The minimum Gasteiger partial charge on any atom is -0.493 e. The summed E-state index contributed by atoms with van der Waals surface area (Å²) in [6, 6.07) is 9.20. The lowest BCUT2D eigenvalue weighted by Gasteiger charge is -2.10. The van der Waals surface area contributed by atoms with Gasteiger partial charge >= 0.3 is 0 Å². The predicted molar refractivity (Wildman–Crippen MR) is 92.1 cm³/mol. The second-order valence-electron chi connectivity index (χ2n) is 5.33. The Morgan fingerprint density at radius 3 is 2.92 bits per heavy atom. The van der Waals surface area contributed by atoms with Gasteiger partial charge in [0.05, 0.1) is 7.11 Å². The Bertz CT molecular complexity index is 979. The standard InChI is InChI=1S/C17H15ClN2O5/c1-24-13-7-10(18)5-9-6-14(25-16(9)13)17(23)19-8-12(21)11-3-2-4-15(22)20-11/h2-7,12,21H,8H2,1H3,(H,19,23)(H,20,22). The van der Waals surface area contributed by atoms with Gasteiger partial charge in [0.15, 0.2) is 17.1 Å². The van der Waals surface area contributed by atoms with Gasteiger partial charge in [-0.15, -0.1) is 0 Å². The van der Waals surface area contributed by atoms with Crippen molar-refractivity contribution in [3.05, 3.63) is 63.2 Å². The summed E-state index contributed by atoms with van der Waals surface area (Å²) in [5.74, 6) is -0.0283. The number of carbonyl (C=O) groups excluding carboxylic acids is 1. The van der Waals surface area contributed by atoms with Gasteiger partial charge in [0, 0.05) is 34.8 Å². The predicted octanol–water partition coefficient (Wildman–Crippen LogP) is 2.25. The highest BCUT2D eigenvalue weighted by molar-refractivity contribution is 6.31. The van der Waals surface area contributed by atoms with Crippen LogP contribution in [0.3, 0.4) is 0 Å². The summed E-state index contributed by atoms with van der Waals surface area (Å²) in [7, 11) is 1.48. The van der Waals surface area contributed by atoms with Crippen LogP contribution >= 0.6 is 11.6 Å². The number of hydrogen-bond donors (Lipinski definition) is 3. The Hall–Kier alpha value is -2.77. The highest BCUT2D eigenvalue weighted by Crippen LogP contribution is 2.32. The molecule has 0 spiro atoms. The molecule has 3 aromatic rings. The van der Waals surface area contributed by atoms with Crippen molar-refractivity contribution < 1.29 is 19.1 Å². The molecule has 1 amide bonds. The molecule has 0 aliphatic rings. The fraction of sp³-hybridized carbons (Fsp3) is 0.176. The van der Waals surface area contributed by atoms with Gasteiger partial charge in [-0.25, -0.2) is 0 Å². The summed E-state index contributed by atoms with van der Waals surface area (Å²) in [4.78, 5) is 26.0. The summed E-state index contributed by atoms with van der Waals surface area (Å²) in [6.07, 6.45) is -1.05. The zero-order chi connectivity index (χ0) is 18.0. The fourth-order valence-electron chi connectivity index (χ4n) is 2.40. The molecule has 0 fully saturated rings. The van der Waals surface area contributed by atoms with Crippen LogP contribution in [0.5, 0.6) is 5.75 Å². The number of pyridine rings is 1. The first-order valence-corrected chi connectivity index (χ1v) is 7.78. The number of aliphatic hydroxyl groups is 1. The van der Waals surface area contributed by atoms with E-state index in [1.807, 2.05) is 0 Å². The van der Waals surface area contributed by atoms with Crippen LogP contribution in [0.1, 0.15) is 22.4 Å². The molecule has 1 atom stereocenters. The number of aromatic nitrogens is 1. The number of H-pyrrole nitrogens is 1. The van der Waals surface area contributed by atoms with Crippen LogP contribution < -0.4 is 15.6 Å². The molecule has 2 aromatic heterocycles. The molecule has 0 radical (unpaired) electrons. The van der Waals surface area contributed by atoms with Gasteiger partial charge in [-0.1, -0.05) is 17.7 Å². The van der Waals surface area contributed by atoms with Crippen molar-refractivity contribution in [2.24, 2.45) is 0 Å². The Kier molecular flexibility index (Phi) is 4.78. The van der Waals surface area contributed by atoms with E-state index >= 15 is 0 Å². The maximum absolute atomic E-state index is 12.2. The van der Waals surface area contributed by atoms with Crippen molar-refractivity contribution in [3.8, 4) is 5.75 Å². The van der Waals surface area contributed by atoms with Crippen LogP contribution in [-0.4, -0.2) is 29.7 Å². The molecule has 2 heterocycles. The van der Waals surface area contributed by atoms with Gasteiger partial charge in [0.25, 0.3) is 5.91 Å². The maximum atomic E-state index is 12.2. The minimum atomic E-state index is -1.05. The fourth-order valence-corrected chi connectivity index (χ4v) is 2.61. The zero-order valence-corrected chi connectivity index (χ0v) is 14.0. The SMILES string of the molecule is COc1cc(Cl)cc2cc(C(=O)NCC(O)c3cccc(=O)[nH]3)oc12. The summed E-state index contributed by atoms with van der Waals surface area (Å²) in [5, 5.41) is 13.7. The van der Waals surface area contributed by atoms with Gasteiger partial charge in [0.2, 0.25) is 5.56 Å². The lowest BCUT2D eigenvalue weighted by molar-refractivity contribution is 0.0889. The van der Waals surface area contributed by atoms with Crippen molar-refractivity contribution in [3.63, 3.8) is 0 Å². The Labute approximate surface area is 147 Å². The third kappa shape index (κ3) is 3.67. The molecule has 3 N–H and O–H groups in total. The van der Waals surface area contributed by atoms with Crippen molar-refractivity contribution in [1.82, 2.24) is 10.3 Å². The molecule has 1 unspecified atom stereocenters. The number of ether oxygens (including phenoxy) is 1. The average molecular weight is 363 g/mol. The van der Waals surface area contributed by atoms with Crippen molar-refractivity contribution in [1.29, 1.82) is 0 Å². The van der Waals surface area contributed by atoms with E-state index in [0.717, 1.165) is 0 Å². The molecular formula is C17H15ClN2O5. The van der Waals surface area contributed by atoms with E-state index in [4.69, 9.17) is 20.8 Å². The van der Waals surface area contributed by atoms with Crippen molar-refractivity contribution in [2.45, 2.75) is 6.10 Å². The second-order valence-corrected chi connectivity index (χ2v) is 5.77. The Morgan fingerprint density at radius 1 is 1.40 bits per heavy atom. The number of furan rings is 1. The number of methoxy groups -OCH3 is 1. The van der Waals surface area contributed by atoms with E-state index in [1.54, 1.807) is 18.2 Å². The first kappa shape index (κ1) is 17.1. The average Bonchev–Trinajstić information content (AvgIpc) is 3.02. The molecule has 3 rings (SSSR count). The van der Waals surface area contributed by atoms with E-state index in [1.165, 1.54) is 25.3 Å². The quantitative estimate of drug-likeness (QED) is 0.645. The van der Waals surface area contributed by atoms with E-state index in [2.05, 4.69) is 10.3 Å². The van der Waals surface area contributed by atoms with Crippen LogP contribution in [0.4, 0.5) is 0 Å². The molecular weight excluding hydrogens is 348 g/mol. The zero-order valence-electron chi connectivity index (χ0n) is 13.2. The van der Waals surface area contributed by atoms with Gasteiger partial charge in [-0.3, -0.25) is 9.59 Å². The molecule has 8 heteroatoms. The highest BCUT2D eigenvalue weighted by Gasteiger charge is 2.17. The molecule has 0 saturated carbocycles. The first-order chi connectivity index (χ1) is 12.0. The topological polar surface area (TPSA) is 105 Å². The van der Waals surface area contributed by atoms with Gasteiger partial charge < -0.3 is 24.6 Å². The van der Waals surface area contributed by atoms with Crippen LogP contribution in [-0.2, 0) is 0 Å². The number of aromatic amines is 1. The van der Waals surface area contributed by atoms with Crippen molar-refractivity contribution in [2.75, 3.05) is 13.7 Å². The van der Waals surface area contributed by atoms with E-state index in [9.17, 15) is 14.7 Å². The second kappa shape index (κ2) is 7.00. The lowest BCUT2D eigenvalue weighted by atomic mass is 10.2. The summed E-state index contributed by atoms with van der Waals surface area (Å²) >= 11 is 5.99. The van der Waals surface area contributed by atoms with E-state index < -0.39 is 12.0 Å². The molecule has 130 valence electrons. The van der Waals surface area contributed by atoms with E-state index in [0.29, 0.717) is 27.4 Å². The monoisotopic (exact) mass is 362 g/mol. The number of hydrogen-bond acceptors (Lipinski definition) is 5. The third-order valence-corrected chi connectivity index (χ3v) is 3.81. The summed E-state index contributed by atoms with van der Waals surface area (Å²) in [5.41, 5.74) is 0.389. The molecule has 0 bridgehead atoms. The number of rotatable bonds is 5. The normalized spacial score (nSPS) is 12.1. The number of aliphatic hydroxyl groups excluding tert-OH is 1. The van der Waals surface area contributed by atoms with Crippen LogP contribution in [0, 0.1) is 0 Å². The smallest absolute Gasteiger partial charge is 0.287 e. The Morgan fingerprint density at radius 2 is 2.20 bits per heavy atom. The first-order valence-electron chi connectivity index (χ1n) is 7.40. The summed E-state index contributed by atoms with van der Waals surface area (Å²) in [6.45, 7) is -0.0896. The highest BCUT2D eigenvalue weighted by atomic mass is 35.5. The summed E-state index contributed by atoms with van der Waals surface area (Å²) < 4.78 is 10.7. The number of carbonyl (C=O) groups is 1. The van der Waals surface area contributed by atoms with Crippen LogP contribution in [0.2, 0.25) is 5.02 Å². The number of amides is 1. The van der Waals surface area contributed by atoms with Crippen LogP contribution in [0.15, 0.2) is 45.6 Å². The molecule has 25 heavy (non-hydrogen) atoms. The molecule has 0 aliphatic heterocycles. The number of benzene rings is 1.